The van der Waals surface area contributed by atoms with Crippen molar-refractivity contribution in [2.75, 3.05) is 19.7 Å². The quantitative estimate of drug-likeness (QED) is 0.693. The SMILES string of the molecule is C=CCN(CC(=O)NC1CC1)S(=O)(=O)c1ccc(OCC)cc1. The molecule has 0 atom stereocenters. The van der Waals surface area contributed by atoms with E-state index in [2.05, 4.69) is 11.9 Å². The van der Waals surface area contributed by atoms with Crippen LogP contribution in [0.25, 0.3) is 0 Å². The molecule has 1 aliphatic rings. The summed E-state index contributed by atoms with van der Waals surface area (Å²) in [5.41, 5.74) is 0. The second-order valence-corrected chi connectivity index (χ2v) is 7.27. The fraction of sp³-hybridized carbons (Fsp3) is 0.438. The Morgan fingerprint density at radius 3 is 2.57 bits per heavy atom. The van der Waals surface area contributed by atoms with E-state index in [4.69, 9.17) is 4.74 Å². The lowest BCUT2D eigenvalue weighted by Crippen LogP contribution is -2.41. The fourth-order valence-electron chi connectivity index (χ4n) is 2.08. The molecule has 126 valence electrons. The molecule has 7 heteroatoms. The Balaban J connectivity index is 2.13. The molecular formula is C16H22N2O4S. The number of hydrogen-bond acceptors (Lipinski definition) is 4. The van der Waals surface area contributed by atoms with Crippen molar-refractivity contribution < 1.29 is 17.9 Å². The van der Waals surface area contributed by atoms with Crippen LogP contribution in [0.5, 0.6) is 5.75 Å². The Morgan fingerprint density at radius 2 is 2.04 bits per heavy atom. The molecule has 1 amide bonds. The summed E-state index contributed by atoms with van der Waals surface area (Å²) in [6.07, 6.45) is 3.38. The molecule has 0 aliphatic heterocycles. The first-order chi connectivity index (χ1) is 11.0. The predicted molar refractivity (Wildman–Crippen MR) is 87.7 cm³/mol. The van der Waals surface area contributed by atoms with E-state index in [1.54, 1.807) is 12.1 Å². The number of sulfonamides is 1. The molecular weight excluding hydrogens is 316 g/mol. The number of hydrogen-bond donors (Lipinski definition) is 1. The normalized spacial score (nSPS) is 14.5. The molecule has 0 bridgehead atoms. The third kappa shape index (κ3) is 4.80. The van der Waals surface area contributed by atoms with Crippen LogP contribution in [0.2, 0.25) is 0 Å². The summed E-state index contributed by atoms with van der Waals surface area (Å²) in [5.74, 6) is 0.317. The minimum Gasteiger partial charge on any atom is -0.494 e. The Bertz CT molecular complexity index is 651. The van der Waals surface area contributed by atoms with Gasteiger partial charge < -0.3 is 10.1 Å². The predicted octanol–water partition coefficient (Wildman–Crippen LogP) is 1.54. The van der Waals surface area contributed by atoms with Gasteiger partial charge in [-0.25, -0.2) is 8.42 Å². The van der Waals surface area contributed by atoms with Gasteiger partial charge in [0.05, 0.1) is 18.0 Å². The van der Waals surface area contributed by atoms with Crippen molar-refractivity contribution in [3.8, 4) is 5.75 Å². The molecule has 1 aromatic rings. The van der Waals surface area contributed by atoms with Crippen molar-refractivity contribution >= 4 is 15.9 Å². The first-order valence-corrected chi connectivity index (χ1v) is 9.04. The van der Waals surface area contributed by atoms with Gasteiger partial charge >= 0.3 is 0 Å². The zero-order valence-electron chi connectivity index (χ0n) is 13.2. The topological polar surface area (TPSA) is 75.7 Å². The van der Waals surface area contributed by atoms with Gasteiger partial charge in [-0.2, -0.15) is 4.31 Å². The minimum absolute atomic E-state index is 0.0770. The Morgan fingerprint density at radius 1 is 1.39 bits per heavy atom. The summed E-state index contributed by atoms with van der Waals surface area (Å²) in [6, 6.07) is 6.37. The highest BCUT2D eigenvalue weighted by Gasteiger charge is 2.28. The van der Waals surface area contributed by atoms with Crippen molar-refractivity contribution in [3.05, 3.63) is 36.9 Å². The second-order valence-electron chi connectivity index (χ2n) is 5.33. The van der Waals surface area contributed by atoms with Crippen molar-refractivity contribution in [1.82, 2.24) is 9.62 Å². The summed E-state index contributed by atoms with van der Waals surface area (Å²) in [6.45, 7) is 5.80. The van der Waals surface area contributed by atoms with Crippen LogP contribution in [0.3, 0.4) is 0 Å². The van der Waals surface area contributed by atoms with Crippen LogP contribution in [0.15, 0.2) is 41.8 Å². The number of amides is 1. The van der Waals surface area contributed by atoms with E-state index in [9.17, 15) is 13.2 Å². The summed E-state index contributed by atoms with van der Waals surface area (Å²) < 4.78 is 31.8. The molecule has 1 saturated carbocycles. The highest BCUT2D eigenvalue weighted by Crippen LogP contribution is 2.21. The van der Waals surface area contributed by atoms with E-state index in [0.717, 1.165) is 17.1 Å². The molecule has 0 heterocycles. The second kappa shape index (κ2) is 7.61. The van der Waals surface area contributed by atoms with Crippen LogP contribution in [-0.2, 0) is 14.8 Å². The highest BCUT2D eigenvalue weighted by molar-refractivity contribution is 7.89. The van der Waals surface area contributed by atoms with E-state index in [1.165, 1.54) is 18.2 Å². The molecule has 2 rings (SSSR count). The molecule has 0 unspecified atom stereocenters. The molecule has 1 fully saturated rings. The van der Waals surface area contributed by atoms with E-state index in [1.807, 2.05) is 6.92 Å². The fourth-order valence-corrected chi connectivity index (χ4v) is 3.44. The molecule has 1 N–H and O–H groups in total. The monoisotopic (exact) mass is 338 g/mol. The molecule has 1 aliphatic carbocycles. The number of nitrogens with one attached hydrogen (secondary N) is 1. The number of carbonyl (C=O) groups is 1. The standard InChI is InChI=1S/C16H22N2O4S/c1-3-11-18(12-16(19)17-13-5-6-13)23(20,21)15-9-7-14(8-10-15)22-4-2/h3,7-10,13H,1,4-6,11-12H2,2H3,(H,17,19). The van der Waals surface area contributed by atoms with Crippen LogP contribution in [-0.4, -0.2) is 44.4 Å². The van der Waals surface area contributed by atoms with E-state index < -0.39 is 10.0 Å². The van der Waals surface area contributed by atoms with Crippen LogP contribution in [0, 0.1) is 0 Å². The van der Waals surface area contributed by atoms with Gasteiger partial charge in [-0.05, 0) is 44.0 Å². The summed E-state index contributed by atoms with van der Waals surface area (Å²) in [5, 5.41) is 2.79. The smallest absolute Gasteiger partial charge is 0.243 e. The van der Waals surface area contributed by atoms with Crippen molar-refractivity contribution in [3.63, 3.8) is 0 Å². The zero-order valence-corrected chi connectivity index (χ0v) is 14.0. The molecule has 0 saturated heterocycles. The lowest BCUT2D eigenvalue weighted by molar-refractivity contribution is -0.121. The maximum atomic E-state index is 12.7. The van der Waals surface area contributed by atoms with Gasteiger partial charge in [0.25, 0.3) is 0 Å². The summed E-state index contributed by atoms with van der Waals surface area (Å²) in [7, 11) is -3.76. The maximum Gasteiger partial charge on any atom is 0.243 e. The zero-order chi connectivity index (χ0) is 16.9. The number of carbonyl (C=O) groups excluding carboxylic acids is 1. The van der Waals surface area contributed by atoms with Crippen LogP contribution < -0.4 is 10.1 Å². The van der Waals surface area contributed by atoms with Gasteiger partial charge in [0.1, 0.15) is 5.75 Å². The third-order valence-corrected chi connectivity index (χ3v) is 5.19. The van der Waals surface area contributed by atoms with E-state index >= 15 is 0 Å². The average Bonchev–Trinajstić information content (AvgIpc) is 3.31. The van der Waals surface area contributed by atoms with Crippen LogP contribution in [0.1, 0.15) is 19.8 Å². The Hall–Kier alpha value is -1.86. The third-order valence-electron chi connectivity index (χ3n) is 3.37. The summed E-state index contributed by atoms with van der Waals surface area (Å²) in [4.78, 5) is 12.1. The highest BCUT2D eigenvalue weighted by atomic mass is 32.2. The van der Waals surface area contributed by atoms with Gasteiger partial charge in [-0.1, -0.05) is 6.08 Å². The molecule has 0 spiro atoms. The van der Waals surface area contributed by atoms with Crippen molar-refractivity contribution in [2.45, 2.75) is 30.7 Å². The van der Waals surface area contributed by atoms with E-state index in [-0.39, 0.29) is 29.9 Å². The lowest BCUT2D eigenvalue weighted by atomic mass is 10.3. The van der Waals surface area contributed by atoms with Crippen LogP contribution >= 0.6 is 0 Å². The van der Waals surface area contributed by atoms with Gasteiger partial charge in [-0.15, -0.1) is 6.58 Å². The maximum absolute atomic E-state index is 12.7. The Kier molecular flexibility index (Phi) is 5.79. The molecule has 0 aromatic heterocycles. The molecule has 23 heavy (non-hydrogen) atoms. The minimum atomic E-state index is -3.76. The van der Waals surface area contributed by atoms with Gasteiger partial charge in [-0.3, -0.25) is 4.79 Å². The molecule has 1 aromatic carbocycles. The van der Waals surface area contributed by atoms with Crippen molar-refractivity contribution in [1.29, 1.82) is 0 Å². The number of ether oxygens (including phenoxy) is 1. The average molecular weight is 338 g/mol. The lowest BCUT2D eigenvalue weighted by Gasteiger charge is -2.20. The number of benzene rings is 1. The van der Waals surface area contributed by atoms with Crippen LogP contribution in [0.4, 0.5) is 0 Å². The first-order valence-electron chi connectivity index (χ1n) is 7.60. The summed E-state index contributed by atoms with van der Waals surface area (Å²) >= 11 is 0. The molecule has 6 nitrogen and oxygen atoms in total. The van der Waals surface area contributed by atoms with E-state index in [0.29, 0.717) is 12.4 Å². The molecule has 0 radical (unpaired) electrons. The largest absolute Gasteiger partial charge is 0.494 e. The van der Waals surface area contributed by atoms with Gasteiger partial charge in [0.2, 0.25) is 15.9 Å². The van der Waals surface area contributed by atoms with Crippen molar-refractivity contribution in [2.24, 2.45) is 0 Å². The first kappa shape index (κ1) is 17.5. The number of nitrogens with zero attached hydrogens (tertiary/aromatic N) is 1. The Labute approximate surface area is 137 Å². The van der Waals surface area contributed by atoms with Gasteiger partial charge in [0.15, 0.2) is 0 Å². The number of rotatable bonds is 9. The van der Waals surface area contributed by atoms with Gasteiger partial charge in [0, 0.05) is 12.6 Å².